The summed E-state index contributed by atoms with van der Waals surface area (Å²) in [6, 6.07) is 6.41. The number of likely N-dealkylation sites (tertiary alicyclic amines) is 1. The molecule has 2 saturated heterocycles. The van der Waals surface area contributed by atoms with Crippen LogP contribution in [-0.4, -0.2) is 59.4 Å². The first-order valence-corrected chi connectivity index (χ1v) is 12.5. The number of carbonyl (C=O) groups excluding carboxylic acids is 2. The van der Waals surface area contributed by atoms with Crippen LogP contribution in [0.3, 0.4) is 0 Å². The van der Waals surface area contributed by atoms with Crippen molar-refractivity contribution >= 4 is 23.4 Å². The van der Waals surface area contributed by atoms with E-state index in [1.807, 2.05) is 20.8 Å². The zero-order valence-corrected chi connectivity index (χ0v) is 20.2. The number of carbonyl (C=O) groups is 2. The maximum absolute atomic E-state index is 12.3. The molecule has 0 atom stereocenters. The van der Waals surface area contributed by atoms with Gasteiger partial charge in [0, 0.05) is 37.6 Å². The van der Waals surface area contributed by atoms with Crippen molar-refractivity contribution < 1.29 is 19.4 Å². The second kappa shape index (κ2) is 7.90. The molecule has 5 rings (SSSR count). The molecule has 7 nitrogen and oxygen atoms in total. The molecule has 33 heavy (non-hydrogen) atoms. The number of hydrogen-bond donors (Lipinski definition) is 2. The molecular weight excluding hydrogens is 418 g/mol. The highest BCUT2D eigenvalue weighted by Crippen LogP contribution is 2.55. The van der Waals surface area contributed by atoms with Gasteiger partial charge in [0.2, 0.25) is 5.91 Å². The van der Waals surface area contributed by atoms with Crippen molar-refractivity contribution in [2.75, 3.05) is 36.4 Å². The van der Waals surface area contributed by atoms with Crippen LogP contribution in [0.25, 0.3) is 0 Å². The molecule has 4 aliphatic rings. The summed E-state index contributed by atoms with van der Waals surface area (Å²) in [5, 5.41) is 14.2. The largest absolute Gasteiger partial charge is 0.444 e. The molecule has 0 unspecified atom stereocenters. The topological polar surface area (TPSA) is 82.1 Å². The van der Waals surface area contributed by atoms with E-state index in [2.05, 4.69) is 28.4 Å². The Morgan fingerprint density at radius 1 is 1.12 bits per heavy atom. The molecule has 1 aliphatic carbocycles. The molecule has 1 aromatic rings. The van der Waals surface area contributed by atoms with Crippen molar-refractivity contribution in [1.82, 2.24) is 4.90 Å². The zero-order chi connectivity index (χ0) is 23.4. The monoisotopic (exact) mass is 455 g/mol. The van der Waals surface area contributed by atoms with E-state index in [4.69, 9.17) is 4.74 Å². The molecule has 1 spiro atoms. The summed E-state index contributed by atoms with van der Waals surface area (Å²) in [5.41, 5.74) is 1.93. The van der Waals surface area contributed by atoms with E-state index in [9.17, 15) is 14.7 Å². The van der Waals surface area contributed by atoms with Crippen LogP contribution in [0.5, 0.6) is 0 Å². The molecule has 2 N–H and O–H groups in total. The third-order valence-electron chi connectivity index (χ3n) is 7.95. The Morgan fingerprint density at radius 3 is 2.39 bits per heavy atom. The van der Waals surface area contributed by atoms with Crippen molar-refractivity contribution in [2.45, 2.75) is 82.3 Å². The standard InChI is InChI=1S/C26H37N3O4/c1-24(2,3)33-23(31)29-14-10-25(32,11-15-29)17-18-6-12-28(13-7-18)19-4-5-21-20(16-19)26(8-9-26)22(30)27-21/h4-5,16,18,32H,6-15,17H2,1-3H3,(H,27,30). The average molecular weight is 456 g/mol. The van der Waals surface area contributed by atoms with Gasteiger partial charge in [0.25, 0.3) is 0 Å². The van der Waals surface area contributed by atoms with Gasteiger partial charge in [-0.05, 0) is 95.4 Å². The van der Waals surface area contributed by atoms with Crippen LogP contribution in [0.1, 0.15) is 71.3 Å². The number of anilines is 2. The third-order valence-corrected chi connectivity index (χ3v) is 7.95. The quantitative estimate of drug-likeness (QED) is 0.719. The number of hydrogen-bond acceptors (Lipinski definition) is 5. The van der Waals surface area contributed by atoms with Crippen LogP contribution in [0.2, 0.25) is 0 Å². The lowest BCUT2D eigenvalue weighted by atomic mass is 9.79. The van der Waals surface area contributed by atoms with Gasteiger partial charge in [-0.25, -0.2) is 4.79 Å². The predicted molar refractivity (Wildman–Crippen MR) is 128 cm³/mol. The van der Waals surface area contributed by atoms with Crippen LogP contribution in [0.15, 0.2) is 18.2 Å². The van der Waals surface area contributed by atoms with Crippen LogP contribution < -0.4 is 10.2 Å². The van der Waals surface area contributed by atoms with E-state index < -0.39 is 11.2 Å². The maximum atomic E-state index is 12.3. The Balaban J connectivity index is 1.13. The molecule has 1 saturated carbocycles. The predicted octanol–water partition coefficient (Wildman–Crippen LogP) is 4.04. The Bertz CT molecular complexity index is 933. The second-order valence-electron chi connectivity index (χ2n) is 11.6. The summed E-state index contributed by atoms with van der Waals surface area (Å²) in [4.78, 5) is 28.8. The summed E-state index contributed by atoms with van der Waals surface area (Å²) >= 11 is 0. The SMILES string of the molecule is CC(C)(C)OC(=O)N1CCC(O)(CC2CCN(c3ccc4c(c3)C3(CC3)C(=O)N4)CC2)CC1. The number of nitrogens with one attached hydrogen (secondary N) is 1. The van der Waals surface area contributed by atoms with Crippen LogP contribution in [0, 0.1) is 5.92 Å². The first-order chi connectivity index (χ1) is 15.6. The molecule has 7 heteroatoms. The molecule has 180 valence electrons. The van der Waals surface area contributed by atoms with Crippen LogP contribution in [-0.2, 0) is 14.9 Å². The number of fused-ring (bicyclic) bond motifs is 2. The third kappa shape index (κ3) is 4.44. The van der Waals surface area contributed by atoms with Crippen LogP contribution in [0.4, 0.5) is 16.2 Å². The van der Waals surface area contributed by atoms with E-state index in [1.165, 1.54) is 11.3 Å². The molecule has 0 radical (unpaired) electrons. The van der Waals surface area contributed by atoms with Crippen molar-refractivity contribution in [3.63, 3.8) is 0 Å². The summed E-state index contributed by atoms with van der Waals surface area (Å²) in [5.74, 6) is 0.658. The normalized spacial score (nSPS) is 23.9. The molecule has 3 aliphatic heterocycles. The minimum Gasteiger partial charge on any atom is -0.444 e. The number of benzene rings is 1. The van der Waals surface area contributed by atoms with Crippen LogP contribution >= 0.6 is 0 Å². The molecule has 0 aromatic heterocycles. The summed E-state index contributed by atoms with van der Waals surface area (Å²) < 4.78 is 5.48. The number of ether oxygens (including phenoxy) is 1. The van der Waals surface area contributed by atoms with Gasteiger partial charge < -0.3 is 25.0 Å². The Kier molecular flexibility index (Phi) is 5.39. The Labute approximate surface area is 196 Å². The maximum Gasteiger partial charge on any atom is 0.410 e. The van der Waals surface area contributed by atoms with Gasteiger partial charge in [-0.3, -0.25) is 4.79 Å². The first kappa shape index (κ1) is 22.5. The molecular formula is C26H37N3O4. The van der Waals surface area contributed by atoms with Gasteiger partial charge in [-0.15, -0.1) is 0 Å². The van der Waals surface area contributed by atoms with Gasteiger partial charge in [-0.2, -0.15) is 0 Å². The molecule has 1 aromatic carbocycles. The fourth-order valence-electron chi connectivity index (χ4n) is 5.79. The summed E-state index contributed by atoms with van der Waals surface area (Å²) in [6.45, 7) is 8.67. The van der Waals surface area contributed by atoms with Gasteiger partial charge in [0.1, 0.15) is 5.60 Å². The number of amides is 2. The lowest BCUT2D eigenvalue weighted by Gasteiger charge is -2.42. The molecule has 3 fully saturated rings. The number of aliphatic hydroxyl groups is 1. The summed E-state index contributed by atoms with van der Waals surface area (Å²) in [7, 11) is 0. The highest BCUT2D eigenvalue weighted by atomic mass is 16.6. The minimum atomic E-state index is -0.691. The van der Waals surface area contributed by atoms with E-state index >= 15 is 0 Å². The molecule has 2 amide bonds. The van der Waals surface area contributed by atoms with Gasteiger partial charge in [0.05, 0.1) is 11.0 Å². The van der Waals surface area contributed by atoms with Gasteiger partial charge >= 0.3 is 6.09 Å². The highest BCUT2D eigenvalue weighted by Gasteiger charge is 2.56. The van der Waals surface area contributed by atoms with E-state index in [0.717, 1.165) is 50.9 Å². The molecule has 0 bridgehead atoms. The number of rotatable bonds is 3. The molecule has 3 heterocycles. The fraction of sp³-hybridized carbons (Fsp3) is 0.692. The average Bonchev–Trinajstić information content (AvgIpc) is 3.50. The minimum absolute atomic E-state index is 0.166. The number of piperidine rings is 2. The van der Waals surface area contributed by atoms with E-state index in [1.54, 1.807) is 4.90 Å². The lowest BCUT2D eigenvalue weighted by Crippen LogP contribution is -2.49. The van der Waals surface area contributed by atoms with E-state index in [-0.39, 0.29) is 17.4 Å². The summed E-state index contributed by atoms with van der Waals surface area (Å²) in [6.07, 6.45) is 5.77. The van der Waals surface area contributed by atoms with Crippen molar-refractivity contribution in [3.8, 4) is 0 Å². The smallest absolute Gasteiger partial charge is 0.410 e. The van der Waals surface area contributed by atoms with Crippen molar-refractivity contribution in [2.24, 2.45) is 5.92 Å². The van der Waals surface area contributed by atoms with Crippen molar-refractivity contribution in [3.05, 3.63) is 23.8 Å². The fourth-order valence-corrected chi connectivity index (χ4v) is 5.79. The highest BCUT2D eigenvalue weighted by molar-refractivity contribution is 6.08. The van der Waals surface area contributed by atoms with E-state index in [0.29, 0.717) is 31.8 Å². The zero-order valence-electron chi connectivity index (χ0n) is 20.2. The van der Waals surface area contributed by atoms with Gasteiger partial charge in [0.15, 0.2) is 0 Å². The number of nitrogens with zero attached hydrogens (tertiary/aromatic N) is 2. The Morgan fingerprint density at radius 2 is 1.79 bits per heavy atom. The Hall–Kier alpha value is -2.28. The first-order valence-electron chi connectivity index (χ1n) is 12.5. The lowest BCUT2D eigenvalue weighted by molar-refractivity contribution is -0.117. The van der Waals surface area contributed by atoms with Crippen molar-refractivity contribution in [1.29, 1.82) is 0 Å². The van der Waals surface area contributed by atoms with Gasteiger partial charge in [-0.1, -0.05) is 0 Å². The second-order valence-corrected chi connectivity index (χ2v) is 11.6.